The molecule has 0 atom stereocenters. The van der Waals surface area contributed by atoms with Crippen molar-refractivity contribution >= 4 is 17.6 Å². The minimum atomic E-state index is -0.579. The van der Waals surface area contributed by atoms with Crippen LogP contribution in [0.2, 0.25) is 0 Å². The van der Waals surface area contributed by atoms with Gasteiger partial charge in [-0.1, -0.05) is 17.3 Å². The van der Waals surface area contributed by atoms with Crippen molar-refractivity contribution in [1.29, 1.82) is 0 Å². The van der Waals surface area contributed by atoms with E-state index in [0.717, 1.165) is 11.3 Å². The fourth-order valence-corrected chi connectivity index (χ4v) is 2.10. The molecule has 0 unspecified atom stereocenters. The van der Waals surface area contributed by atoms with Gasteiger partial charge in [-0.3, -0.25) is 4.79 Å². The number of rotatable bonds is 5. The Labute approximate surface area is 128 Å². The molecule has 0 saturated carbocycles. The fourth-order valence-electron chi connectivity index (χ4n) is 2.10. The zero-order valence-electron chi connectivity index (χ0n) is 12.8. The summed E-state index contributed by atoms with van der Waals surface area (Å²) in [5.41, 5.74) is 1.99. The Balaban J connectivity index is 2.13. The summed E-state index contributed by atoms with van der Waals surface area (Å²) in [6, 6.07) is 7.71. The van der Waals surface area contributed by atoms with Crippen molar-refractivity contribution in [2.45, 2.75) is 20.4 Å². The fraction of sp³-hybridized carbons (Fsp3) is 0.333. The van der Waals surface area contributed by atoms with Crippen LogP contribution in [0.4, 0.5) is 5.69 Å². The first kappa shape index (κ1) is 15.7. The van der Waals surface area contributed by atoms with Crippen molar-refractivity contribution in [1.82, 2.24) is 15.0 Å². The van der Waals surface area contributed by atoms with E-state index < -0.39 is 5.97 Å². The number of nitrogens with zero attached hydrogens (tertiary/aromatic N) is 4. The minimum absolute atomic E-state index is 0.00573. The van der Waals surface area contributed by atoms with E-state index in [1.807, 2.05) is 38.1 Å². The molecule has 0 radical (unpaired) electrons. The largest absolute Gasteiger partial charge is 0.464 e. The Morgan fingerprint density at radius 1 is 1.36 bits per heavy atom. The van der Waals surface area contributed by atoms with Crippen molar-refractivity contribution < 1.29 is 14.3 Å². The predicted molar refractivity (Wildman–Crippen MR) is 80.6 cm³/mol. The van der Waals surface area contributed by atoms with Crippen molar-refractivity contribution in [2.24, 2.45) is 0 Å². The average molecular weight is 302 g/mol. The number of carbonyl (C=O) groups is 2. The molecule has 0 saturated heterocycles. The quantitative estimate of drug-likeness (QED) is 0.781. The number of aromatic nitrogens is 3. The number of aryl methyl sites for hydroxylation is 1. The molecule has 1 aromatic carbocycles. The molecular formula is C15H18N4O3. The van der Waals surface area contributed by atoms with Crippen LogP contribution in [0.25, 0.3) is 0 Å². The molecule has 1 heterocycles. The van der Waals surface area contributed by atoms with Crippen LogP contribution in [0, 0.1) is 6.92 Å². The van der Waals surface area contributed by atoms with Gasteiger partial charge < -0.3 is 9.64 Å². The number of hydrogen-bond donors (Lipinski definition) is 0. The first-order valence-corrected chi connectivity index (χ1v) is 6.90. The maximum absolute atomic E-state index is 12.4. The molecule has 1 amide bonds. The third kappa shape index (κ3) is 3.49. The predicted octanol–water partition coefficient (Wildman–Crippen LogP) is 1.43. The van der Waals surface area contributed by atoms with E-state index in [-0.39, 0.29) is 18.1 Å². The standard InChI is InChI=1S/C15H18N4O3/c1-4-19(12-7-5-6-11(2)8-12)14(20)10-18-9-13(16-17-18)15(21)22-3/h5-9H,4,10H2,1-3H3. The monoisotopic (exact) mass is 302 g/mol. The van der Waals surface area contributed by atoms with Gasteiger partial charge in [0.05, 0.1) is 13.3 Å². The Morgan fingerprint density at radius 3 is 2.77 bits per heavy atom. The Morgan fingerprint density at radius 2 is 2.14 bits per heavy atom. The lowest BCUT2D eigenvalue weighted by Crippen LogP contribution is -2.33. The van der Waals surface area contributed by atoms with Gasteiger partial charge in [-0.25, -0.2) is 9.48 Å². The molecule has 7 nitrogen and oxygen atoms in total. The molecule has 0 aliphatic carbocycles. The summed E-state index contributed by atoms with van der Waals surface area (Å²) in [4.78, 5) is 25.4. The van der Waals surface area contributed by atoms with Gasteiger partial charge in [-0.05, 0) is 31.5 Å². The van der Waals surface area contributed by atoms with Gasteiger partial charge in [-0.15, -0.1) is 5.10 Å². The topological polar surface area (TPSA) is 77.3 Å². The van der Waals surface area contributed by atoms with E-state index in [1.54, 1.807) is 4.90 Å². The van der Waals surface area contributed by atoms with Gasteiger partial charge in [0.25, 0.3) is 0 Å². The van der Waals surface area contributed by atoms with Crippen LogP contribution in [-0.2, 0) is 16.1 Å². The van der Waals surface area contributed by atoms with E-state index in [4.69, 9.17) is 0 Å². The minimum Gasteiger partial charge on any atom is -0.464 e. The number of methoxy groups -OCH3 is 1. The van der Waals surface area contributed by atoms with Crippen LogP contribution < -0.4 is 4.90 Å². The maximum Gasteiger partial charge on any atom is 0.360 e. The normalized spacial score (nSPS) is 10.3. The molecule has 0 aliphatic rings. The molecule has 2 aromatic rings. The van der Waals surface area contributed by atoms with E-state index in [9.17, 15) is 9.59 Å². The van der Waals surface area contributed by atoms with Gasteiger partial charge in [-0.2, -0.15) is 0 Å². The number of amides is 1. The lowest BCUT2D eigenvalue weighted by molar-refractivity contribution is -0.119. The highest BCUT2D eigenvalue weighted by Gasteiger charge is 2.17. The lowest BCUT2D eigenvalue weighted by Gasteiger charge is -2.21. The van der Waals surface area contributed by atoms with Crippen LogP contribution in [0.3, 0.4) is 0 Å². The molecule has 0 fully saturated rings. The molecule has 116 valence electrons. The first-order chi connectivity index (χ1) is 10.5. The highest BCUT2D eigenvalue weighted by Crippen LogP contribution is 2.16. The summed E-state index contributed by atoms with van der Waals surface area (Å²) in [6.45, 7) is 4.43. The van der Waals surface area contributed by atoms with Crippen molar-refractivity contribution in [3.8, 4) is 0 Å². The van der Waals surface area contributed by atoms with Gasteiger partial charge in [0.1, 0.15) is 6.54 Å². The molecule has 0 aliphatic heterocycles. The van der Waals surface area contributed by atoms with Gasteiger partial charge in [0, 0.05) is 12.2 Å². The summed E-state index contributed by atoms with van der Waals surface area (Å²) in [5, 5.41) is 7.45. The van der Waals surface area contributed by atoms with Crippen LogP contribution in [-0.4, -0.2) is 40.5 Å². The van der Waals surface area contributed by atoms with Crippen molar-refractivity contribution in [3.63, 3.8) is 0 Å². The first-order valence-electron chi connectivity index (χ1n) is 6.90. The summed E-state index contributed by atoms with van der Waals surface area (Å²) in [7, 11) is 1.27. The third-order valence-electron chi connectivity index (χ3n) is 3.16. The van der Waals surface area contributed by atoms with Crippen molar-refractivity contribution in [2.75, 3.05) is 18.6 Å². The Hall–Kier alpha value is -2.70. The molecule has 0 bridgehead atoms. The van der Waals surface area contributed by atoms with Crippen molar-refractivity contribution in [3.05, 3.63) is 41.7 Å². The molecule has 0 N–H and O–H groups in total. The highest BCUT2D eigenvalue weighted by molar-refractivity contribution is 5.93. The summed E-state index contributed by atoms with van der Waals surface area (Å²) in [5.74, 6) is -0.709. The molecule has 0 spiro atoms. The number of likely N-dealkylation sites (N-methyl/N-ethyl adjacent to an activating group) is 1. The molecule has 7 heteroatoms. The number of hydrogen-bond acceptors (Lipinski definition) is 5. The van der Waals surface area contributed by atoms with Gasteiger partial charge >= 0.3 is 5.97 Å². The van der Waals surface area contributed by atoms with Gasteiger partial charge in [0.15, 0.2) is 5.69 Å². The Bertz CT molecular complexity index is 681. The van der Waals surface area contributed by atoms with E-state index >= 15 is 0 Å². The lowest BCUT2D eigenvalue weighted by atomic mass is 10.2. The van der Waals surface area contributed by atoms with E-state index in [2.05, 4.69) is 15.0 Å². The van der Waals surface area contributed by atoms with Crippen LogP contribution in [0.1, 0.15) is 23.0 Å². The SMILES string of the molecule is CCN(C(=O)Cn1cc(C(=O)OC)nn1)c1cccc(C)c1. The second-order valence-electron chi connectivity index (χ2n) is 4.77. The second-order valence-corrected chi connectivity index (χ2v) is 4.77. The summed E-state index contributed by atoms with van der Waals surface area (Å²) >= 11 is 0. The number of benzene rings is 1. The third-order valence-corrected chi connectivity index (χ3v) is 3.16. The zero-order valence-corrected chi connectivity index (χ0v) is 12.8. The maximum atomic E-state index is 12.4. The van der Waals surface area contributed by atoms with Crippen LogP contribution in [0.15, 0.2) is 30.5 Å². The zero-order chi connectivity index (χ0) is 16.1. The number of ether oxygens (including phenoxy) is 1. The smallest absolute Gasteiger partial charge is 0.360 e. The molecular weight excluding hydrogens is 284 g/mol. The Kier molecular flexibility index (Phi) is 4.88. The van der Waals surface area contributed by atoms with Crippen LogP contribution >= 0.6 is 0 Å². The van der Waals surface area contributed by atoms with E-state index in [1.165, 1.54) is 18.0 Å². The number of anilines is 1. The number of carbonyl (C=O) groups excluding carboxylic acids is 2. The second kappa shape index (κ2) is 6.84. The summed E-state index contributed by atoms with van der Waals surface area (Å²) < 4.78 is 5.88. The number of esters is 1. The average Bonchev–Trinajstić information content (AvgIpc) is 2.95. The summed E-state index contributed by atoms with van der Waals surface area (Å²) in [6.07, 6.45) is 1.40. The van der Waals surface area contributed by atoms with E-state index in [0.29, 0.717) is 6.54 Å². The van der Waals surface area contributed by atoms with Gasteiger partial charge in [0.2, 0.25) is 5.91 Å². The molecule has 22 heavy (non-hydrogen) atoms. The molecule has 1 aromatic heterocycles. The highest BCUT2D eigenvalue weighted by atomic mass is 16.5. The van der Waals surface area contributed by atoms with Crippen LogP contribution in [0.5, 0.6) is 0 Å². The molecule has 2 rings (SSSR count).